The molecule has 1 aliphatic carbocycles. The van der Waals surface area contributed by atoms with Crippen LogP contribution in [0.5, 0.6) is 5.75 Å². The van der Waals surface area contributed by atoms with Crippen molar-refractivity contribution in [1.29, 1.82) is 0 Å². The van der Waals surface area contributed by atoms with Crippen LogP contribution < -0.4 is 10.1 Å². The molecule has 1 aliphatic rings. The van der Waals surface area contributed by atoms with Gasteiger partial charge >= 0.3 is 6.61 Å². The van der Waals surface area contributed by atoms with Gasteiger partial charge in [0.1, 0.15) is 11.3 Å². The highest BCUT2D eigenvalue weighted by Crippen LogP contribution is 2.44. The topological polar surface area (TPSA) is 76.4 Å². The molecule has 1 aromatic heterocycles. The fourth-order valence-corrected chi connectivity index (χ4v) is 3.39. The van der Waals surface area contributed by atoms with Gasteiger partial charge < -0.3 is 14.4 Å². The Morgan fingerprint density at radius 3 is 2.63 bits per heavy atom. The van der Waals surface area contributed by atoms with Gasteiger partial charge in [-0.3, -0.25) is 10.1 Å². The maximum atomic E-state index is 14.5. The third kappa shape index (κ3) is 4.02. The van der Waals surface area contributed by atoms with E-state index in [1.807, 2.05) is 6.92 Å². The third-order valence-electron chi connectivity index (χ3n) is 4.73. The third-order valence-corrected chi connectivity index (χ3v) is 4.73. The Morgan fingerprint density at radius 1 is 1.44 bits per heavy atom. The number of fused-ring (bicyclic) bond motifs is 1. The molecular formula is C18H22F3N3O3. The van der Waals surface area contributed by atoms with Crippen LogP contribution in [0.1, 0.15) is 46.5 Å². The summed E-state index contributed by atoms with van der Waals surface area (Å²) in [4.78, 5) is 16.4. The molecule has 0 spiro atoms. The van der Waals surface area contributed by atoms with Crippen LogP contribution in [0.2, 0.25) is 0 Å². The van der Waals surface area contributed by atoms with Gasteiger partial charge in [-0.05, 0) is 40.0 Å². The number of anilines is 1. The van der Waals surface area contributed by atoms with Gasteiger partial charge in [-0.1, -0.05) is 0 Å². The lowest BCUT2D eigenvalue weighted by molar-refractivity contribution is -0.119. The molecule has 1 aromatic carbocycles. The van der Waals surface area contributed by atoms with Gasteiger partial charge in [0.15, 0.2) is 5.82 Å². The lowest BCUT2D eigenvalue weighted by atomic mass is 9.78. The van der Waals surface area contributed by atoms with Gasteiger partial charge in [0.05, 0.1) is 17.5 Å². The van der Waals surface area contributed by atoms with Gasteiger partial charge in [-0.25, -0.2) is 9.37 Å². The number of carbonyl (C=O) groups is 1. The minimum Gasteiger partial charge on any atom is -0.435 e. The first-order valence-corrected chi connectivity index (χ1v) is 8.68. The Balaban J connectivity index is 2.08. The van der Waals surface area contributed by atoms with Crippen LogP contribution in [-0.2, 0) is 10.3 Å². The van der Waals surface area contributed by atoms with Crippen LogP contribution in [0, 0.1) is 5.82 Å². The van der Waals surface area contributed by atoms with E-state index in [0.717, 1.165) is 25.3 Å². The second kappa shape index (κ2) is 6.70. The number of alkyl halides is 2. The SMILES string of the molecule is CC(C)(O)CC(=O)Nc1nc2c(F)cc(OC(F)F)cc2n1C1(C)CCC1. The number of nitrogens with one attached hydrogen (secondary N) is 1. The molecule has 6 nitrogen and oxygen atoms in total. The van der Waals surface area contributed by atoms with Crippen molar-refractivity contribution in [2.24, 2.45) is 0 Å². The summed E-state index contributed by atoms with van der Waals surface area (Å²) in [6.45, 7) is 1.85. The van der Waals surface area contributed by atoms with Gasteiger partial charge in [0.2, 0.25) is 11.9 Å². The predicted octanol–water partition coefficient (Wildman–Crippen LogP) is 3.78. The highest BCUT2D eigenvalue weighted by molar-refractivity contribution is 5.92. The number of carbonyl (C=O) groups excluding carboxylic acids is 1. The average Bonchev–Trinajstić information content (AvgIpc) is 2.81. The van der Waals surface area contributed by atoms with E-state index in [1.165, 1.54) is 19.9 Å². The van der Waals surface area contributed by atoms with Crippen molar-refractivity contribution < 1.29 is 27.8 Å². The van der Waals surface area contributed by atoms with E-state index in [1.54, 1.807) is 4.57 Å². The lowest BCUT2D eigenvalue weighted by Gasteiger charge is -2.41. The smallest absolute Gasteiger partial charge is 0.387 e. The maximum Gasteiger partial charge on any atom is 0.387 e. The van der Waals surface area contributed by atoms with Crippen molar-refractivity contribution in [2.75, 3.05) is 5.32 Å². The standard InChI is InChI=1S/C18H22F3N3O3/c1-17(2,26)9-13(25)22-16-23-14-11(19)7-10(27-15(20)21)8-12(14)24(16)18(3)5-4-6-18/h7-8,15,26H,4-6,9H2,1-3H3,(H,22,23,25). The first-order valence-electron chi connectivity index (χ1n) is 8.68. The number of imidazole rings is 1. The zero-order chi connectivity index (χ0) is 20.0. The Hall–Kier alpha value is -2.29. The van der Waals surface area contributed by atoms with Gasteiger partial charge in [0, 0.05) is 17.7 Å². The largest absolute Gasteiger partial charge is 0.435 e. The molecule has 27 heavy (non-hydrogen) atoms. The molecule has 0 radical (unpaired) electrons. The normalized spacial score (nSPS) is 16.4. The minimum atomic E-state index is -3.08. The molecule has 1 saturated carbocycles. The summed E-state index contributed by atoms with van der Waals surface area (Å²) in [6, 6.07) is 2.14. The Bertz CT molecular complexity index is 870. The summed E-state index contributed by atoms with van der Waals surface area (Å²) in [5.41, 5.74) is -1.41. The van der Waals surface area contributed by atoms with Gasteiger partial charge in [-0.2, -0.15) is 8.78 Å². The maximum absolute atomic E-state index is 14.5. The highest BCUT2D eigenvalue weighted by Gasteiger charge is 2.38. The zero-order valence-corrected chi connectivity index (χ0v) is 15.4. The Labute approximate surface area is 154 Å². The molecule has 0 unspecified atom stereocenters. The number of hydrogen-bond donors (Lipinski definition) is 2. The molecule has 2 aromatic rings. The average molecular weight is 385 g/mol. The summed E-state index contributed by atoms with van der Waals surface area (Å²) in [6.07, 6.45) is 2.32. The molecule has 9 heteroatoms. The molecule has 3 rings (SSSR count). The first kappa shape index (κ1) is 19.5. The number of amides is 1. The van der Waals surface area contributed by atoms with Crippen molar-refractivity contribution in [1.82, 2.24) is 9.55 Å². The van der Waals surface area contributed by atoms with Crippen molar-refractivity contribution in [2.45, 2.75) is 64.2 Å². The molecule has 0 aliphatic heterocycles. The number of benzene rings is 1. The molecule has 1 heterocycles. The van der Waals surface area contributed by atoms with Crippen LogP contribution in [0.15, 0.2) is 12.1 Å². The van der Waals surface area contributed by atoms with Crippen LogP contribution in [0.4, 0.5) is 19.1 Å². The summed E-state index contributed by atoms with van der Waals surface area (Å²) in [5.74, 6) is -1.49. The second-order valence-corrected chi connectivity index (χ2v) is 7.81. The van der Waals surface area contributed by atoms with Crippen molar-refractivity contribution in [3.05, 3.63) is 17.9 Å². The van der Waals surface area contributed by atoms with Crippen LogP contribution >= 0.6 is 0 Å². The second-order valence-electron chi connectivity index (χ2n) is 7.81. The van der Waals surface area contributed by atoms with Crippen LogP contribution in [0.25, 0.3) is 11.0 Å². The van der Waals surface area contributed by atoms with E-state index in [2.05, 4.69) is 15.0 Å². The fourth-order valence-electron chi connectivity index (χ4n) is 3.39. The summed E-state index contributed by atoms with van der Waals surface area (Å²) >= 11 is 0. The van der Waals surface area contributed by atoms with E-state index in [0.29, 0.717) is 0 Å². The number of halogens is 3. The summed E-state index contributed by atoms with van der Waals surface area (Å²) < 4.78 is 45.6. The number of nitrogens with zero attached hydrogens (tertiary/aromatic N) is 2. The zero-order valence-electron chi connectivity index (χ0n) is 15.4. The molecule has 148 valence electrons. The lowest BCUT2D eigenvalue weighted by Crippen LogP contribution is -2.38. The minimum absolute atomic E-state index is 0.0386. The van der Waals surface area contributed by atoms with Crippen molar-refractivity contribution >= 4 is 22.9 Å². The van der Waals surface area contributed by atoms with Gasteiger partial charge in [0.25, 0.3) is 0 Å². The number of hydrogen-bond acceptors (Lipinski definition) is 4. The molecule has 1 amide bonds. The van der Waals surface area contributed by atoms with Gasteiger partial charge in [-0.15, -0.1) is 0 Å². The monoisotopic (exact) mass is 385 g/mol. The number of ether oxygens (including phenoxy) is 1. The van der Waals surface area contributed by atoms with Crippen LogP contribution in [0.3, 0.4) is 0 Å². The number of rotatable bonds is 6. The Kier molecular flexibility index (Phi) is 4.83. The number of aliphatic hydroxyl groups is 1. The van der Waals surface area contributed by atoms with E-state index < -0.39 is 29.5 Å². The summed E-state index contributed by atoms with van der Waals surface area (Å²) in [7, 11) is 0. The van der Waals surface area contributed by atoms with Crippen molar-refractivity contribution in [3.8, 4) is 5.75 Å². The number of aromatic nitrogens is 2. The molecule has 0 atom stereocenters. The molecular weight excluding hydrogens is 363 g/mol. The quantitative estimate of drug-likeness (QED) is 0.794. The van der Waals surface area contributed by atoms with Crippen molar-refractivity contribution in [3.63, 3.8) is 0 Å². The van der Waals surface area contributed by atoms with E-state index in [-0.39, 0.29) is 29.2 Å². The predicted molar refractivity (Wildman–Crippen MR) is 93.4 cm³/mol. The fraction of sp³-hybridized carbons (Fsp3) is 0.556. The molecule has 0 bridgehead atoms. The van der Waals surface area contributed by atoms with E-state index >= 15 is 0 Å². The summed E-state index contributed by atoms with van der Waals surface area (Å²) in [5, 5.41) is 12.4. The van der Waals surface area contributed by atoms with E-state index in [9.17, 15) is 23.1 Å². The van der Waals surface area contributed by atoms with E-state index in [4.69, 9.17) is 0 Å². The first-order chi connectivity index (χ1) is 12.5. The Morgan fingerprint density at radius 2 is 2.11 bits per heavy atom. The molecule has 1 fully saturated rings. The van der Waals surface area contributed by atoms with Crippen LogP contribution in [-0.4, -0.2) is 32.8 Å². The molecule has 0 saturated heterocycles. The molecule has 2 N–H and O–H groups in total. The highest BCUT2D eigenvalue weighted by atomic mass is 19.3.